The molecule has 1 unspecified atom stereocenters. The minimum Gasteiger partial charge on any atom is -0.329 e. The molecule has 0 spiro atoms. The standard InChI is InChI=1S/C22H27N3O/c1-16-7-6-8-20-23-19(13-21(26)25(16)20)15-24(5)14-17-9-11-18(12-10-17)22(2,3)4/h6-13H,14-15H2,1-5H3/p+1. The molecule has 4 nitrogen and oxygen atoms in total. The van der Waals surface area contributed by atoms with Crippen molar-refractivity contribution in [2.24, 2.45) is 0 Å². The molecule has 0 fully saturated rings. The maximum absolute atomic E-state index is 12.4. The topological polar surface area (TPSA) is 38.8 Å². The van der Waals surface area contributed by atoms with Crippen molar-refractivity contribution in [3.63, 3.8) is 0 Å². The molecule has 1 atom stereocenters. The van der Waals surface area contributed by atoms with Gasteiger partial charge in [-0.1, -0.05) is 51.1 Å². The third kappa shape index (κ3) is 4.02. The number of pyridine rings is 1. The van der Waals surface area contributed by atoms with Crippen LogP contribution in [0.4, 0.5) is 0 Å². The number of hydrogen-bond acceptors (Lipinski definition) is 2. The van der Waals surface area contributed by atoms with Gasteiger partial charge in [-0.3, -0.25) is 9.20 Å². The van der Waals surface area contributed by atoms with Gasteiger partial charge in [0, 0.05) is 17.3 Å². The number of aromatic nitrogens is 2. The van der Waals surface area contributed by atoms with Crippen LogP contribution in [0.3, 0.4) is 0 Å². The molecular formula is C22H28N3O+. The maximum Gasteiger partial charge on any atom is 0.258 e. The van der Waals surface area contributed by atoms with Gasteiger partial charge in [0.15, 0.2) is 0 Å². The van der Waals surface area contributed by atoms with Crippen molar-refractivity contribution < 1.29 is 4.90 Å². The van der Waals surface area contributed by atoms with Gasteiger partial charge < -0.3 is 4.90 Å². The summed E-state index contributed by atoms with van der Waals surface area (Å²) in [4.78, 5) is 18.4. The Morgan fingerprint density at radius 1 is 1.04 bits per heavy atom. The van der Waals surface area contributed by atoms with Crippen molar-refractivity contribution in [3.8, 4) is 0 Å². The Morgan fingerprint density at radius 3 is 2.38 bits per heavy atom. The molecule has 1 N–H and O–H groups in total. The summed E-state index contributed by atoms with van der Waals surface area (Å²) in [6.45, 7) is 10.2. The second-order valence-corrected chi connectivity index (χ2v) is 8.20. The van der Waals surface area contributed by atoms with E-state index in [4.69, 9.17) is 0 Å². The molecule has 0 saturated carbocycles. The SMILES string of the molecule is Cc1cccc2nc(C[NH+](C)Cc3ccc(C(C)(C)C)cc3)cc(=O)n12. The molecule has 3 aromatic rings. The van der Waals surface area contributed by atoms with E-state index in [1.165, 1.54) is 16.0 Å². The average molecular weight is 350 g/mol. The lowest BCUT2D eigenvalue weighted by molar-refractivity contribution is -0.908. The van der Waals surface area contributed by atoms with E-state index in [9.17, 15) is 4.79 Å². The maximum atomic E-state index is 12.4. The average Bonchev–Trinajstić information content (AvgIpc) is 2.54. The van der Waals surface area contributed by atoms with Gasteiger partial charge in [-0.05, 0) is 30.0 Å². The molecule has 3 rings (SSSR count). The van der Waals surface area contributed by atoms with E-state index >= 15 is 0 Å². The van der Waals surface area contributed by atoms with Crippen LogP contribution in [-0.2, 0) is 18.5 Å². The van der Waals surface area contributed by atoms with Gasteiger partial charge >= 0.3 is 0 Å². The normalized spacial score (nSPS) is 13.1. The lowest BCUT2D eigenvalue weighted by Crippen LogP contribution is -3.06. The number of nitrogens with zero attached hydrogens (tertiary/aromatic N) is 2. The van der Waals surface area contributed by atoms with Gasteiger partial charge in [0.05, 0.1) is 7.05 Å². The summed E-state index contributed by atoms with van der Waals surface area (Å²) in [6, 6.07) is 16.2. The fourth-order valence-electron chi connectivity index (χ4n) is 3.30. The molecule has 0 amide bonds. The zero-order valence-electron chi connectivity index (χ0n) is 16.3. The van der Waals surface area contributed by atoms with E-state index in [1.54, 1.807) is 10.5 Å². The second kappa shape index (κ2) is 7.04. The highest BCUT2D eigenvalue weighted by Gasteiger charge is 2.14. The Kier molecular flexibility index (Phi) is 4.97. The zero-order chi connectivity index (χ0) is 18.9. The number of aryl methyl sites for hydroxylation is 1. The number of benzene rings is 1. The fourth-order valence-corrected chi connectivity index (χ4v) is 3.30. The van der Waals surface area contributed by atoms with E-state index < -0.39 is 0 Å². The molecule has 1 aromatic carbocycles. The molecule has 4 heteroatoms. The quantitative estimate of drug-likeness (QED) is 0.785. The van der Waals surface area contributed by atoms with Crippen LogP contribution in [0.5, 0.6) is 0 Å². The smallest absolute Gasteiger partial charge is 0.258 e. The first-order chi connectivity index (χ1) is 12.2. The van der Waals surface area contributed by atoms with Crippen LogP contribution in [0.25, 0.3) is 5.65 Å². The highest BCUT2D eigenvalue weighted by atomic mass is 16.1. The largest absolute Gasteiger partial charge is 0.329 e. The van der Waals surface area contributed by atoms with E-state index in [1.807, 2.05) is 25.1 Å². The lowest BCUT2D eigenvalue weighted by atomic mass is 9.87. The molecule has 26 heavy (non-hydrogen) atoms. The zero-order valence-corrected chi connectivity index (χ0v) is 16.3. The molecule has 0 radical (unpaired) electrons. The summed E-state index contributed by atoms with van der Waals surface area (Å²) in [5.74, 6) is 0. The Labute approximate surface area is 155 Å². The van der Waals surface area contributed by atoms with E-state index in [-0.39, 0.29) is 11.0 Å². The van der Waals surface area contributed by atoms with Gasteiger partial charge in [-0.25, -0.2) is 4.98 Å². The van der Waals surface area contributed by atoms with Crippen molar-refractivity contribution in [3.05, 3.63) is 81.4 Å². The number of fused-ring (bicyclic) bond motifs is 1. The Hall–Kier alpha value is -2.46. The number of rotatable bonds is 4. The minimum absolute atomic E-state index is 0.00886. The molecule has 2 heterocycles. The Morgan fingerprint density at radius 2 is 1.73 bits per heavy atom. The number of quaternary nitrogens is 1. The van der Waals surface area contributed by atoms with Crippen LogP contribution in [0.1, 0.15) is 43.3 Å². The van der Waals surface area contributed by atoms with Crippen molar-refractivity contribution in [2.75, 3.05) is 7.05 Å². The van der Waals surface area contributed by atoms with E-state index in [0.717, 1.165) is 30.1 Å². The van der Waals surface area contributed by atoms with Crippen molar-refractivity contribution in [1.29, 1.82) is 0 Å². The van der Waals surface area contributed by atoms with Crippen LogP contribution in [-0.4, -0.2) is 16.4 Å². The van der Waals surface area contributed by atoms with Crippen LogP contribution in [0.15, 0.2) is 53.3 Å². The van der Waals surface area contributed by atoms with Crippen molar-refractivity contribution in [2.45, 2.75) is 46.2 Å². The summed E-state index contributed by atoms with van der Waals surface area (Å²) in [6.07, 6.45) is 0. The summed E-state index contributed by atoms with van der Waals surface area (Å²) < 4.78 is 1.66. The van der Waals surface area contributed by atoms with Gasteiger partial charge in [0.1, 0.15) is 24.4 Å². The van der Waals surface area contributed by atoms with Gasteiger partial charge in [0.2, 0.25) is 0 Å². The minimum atomic E-state index is -0.00886. The third-order valence-electron chi connectivity index (χ3n) is 4.74. The molecule has 0 bridgehead atoms. The Balaban J connectivity index is 1.75. The summed E-state index contributed by atoms with van der Waals surface area (Å²) in [5.41, 5.74) is 5.27. The molecule has 0 aliphatic rings. The monoisotopic (exact) mass is 350 g/mol. The second-order valence-electron chi connectivity index (χ2n) is 8.20. The molecular weight excluding hydrogens is 322 g/mol. The van der Waals surface area contributed by atoms with Crippen LogP contribution in [0.2, 0.25) is 0 Å². The van der Waals surface area contributed by atoms with E-state index in [0.29, 0.717) is 0 Å². The number of hydrogen-bond donors (Lipinski definition) is 1. The molecule has 2 aromatic heterocycles. The van der Waals surface area contributed by atoms with Crippen LogP contribution >= 0.6 is 0 Å². The highest BCUT2D eigenvalue weighted by Crippen LogP contribution is 2.21. The predicted molar refractivity (Wildman–Crippen MR) is 106 cm³/mol. The third-order valence-corrected chi connectivity index (χ3v) is 4.74. The van der Waals surface area contributed by atoms with Gasteiger partial charge in [0.25, 0.3) is 5.56 Å². The Bertz CT molecular complexity index is 965. The molecule has 136 valence electrons. The molecule has 0 aliphatic heterocycles. The lowest BCUT2D eigenvalue weighted by Gasteiger charge is -2.20. The van der Waals surface area contributed by atoms with Crippen LogP contribution < -0.4 is 10.5 Å². The van der Waals surface area contributed by atoms with Crippen molar-refractivity contribution in [1.82, 2.24) is 9.38 Å². The van der Waals surface area contributed by atoms with E-state index in [2.05, 4.69) is 57.1 Å². The number of nitrogens with one attached hydrogen (secondary N) is 1. The first kappa shape index (κ1) is 18.3. The first-order valence-electron chi connectivity index (χ1n) is 9.13. The predicted octanol–water partition coefficient (Wildman–Crippen LogP) is 2.52. The van der Waals surface area contributed by atoms with Crippen LogP contribution in [0, 0.1) is 6.92 Å². The van der Waals surface area contributed by atoms with Crippen molar-refractivity contribution >= 4 is 5.65 Å². The first-order valence-corrected chi connectivity index (χ1v) is 9.13. The fraction of sp³-hybridized carbons (Fsp3) is 0.364. The summed E-state index contributed by atoms with van der Waals surface area (Å²) in [5, 5.41) is 0. The summed E-state index contributed by atoms with van der Waals surface area (Å²) in [7, 11) is 2.14. The molecule has 0 aliphatic carbocycles. The highest BCUT2D eigenvalue weighted by molar-refractivity contribution is 5.40. The molecule has 0 saturated heterocycles. The summed E-state index contributed by atoms with van der Waals surface area (Å²) >= 11 is 0. The van der Waals surface area contributed by atoms with Gasteiger partial charge in [-0.2, -0.15) is 0 Å². The van der Waals surface area contributed by atoms with Gasteiger partial charge in [-0.15, -0.1) is 0 Å².